The minimum absolute atomic E-state index is 0.117. The molecule has 1 heterocycles. The molecule has 1 N–H and O–H groups in total. The predicted octanol–water partition coefficient (Wildman–Crippen LogP) is 0.0725. The molecule has 0 radical (unpaired) electrons. The largest absolute Gasteiger partial charge is 0.316 e. The summed E-state index contributed by atoms with van der Waals surface area (Å²) in [6, 6.07) is 5.51. The summed E-state index contributed by atoms with van der Waals surface area (Å²) in [4.78, 5) is 0.243. The first kappa shape index (κ1) is 15.4. The molecule has 0 aliphatic carbocycles. The van der Waals surface area contributed by atoms with Crippen molar-refractivity contribution in [3.05, 3.63) is 24.3 Å². The van der Waals surface area contributed by atoms with Crippen LogP contribution in [0.5, 0.6) is 0 Å². The van der Waals surface area contributed by atoms with Gasteiger partial charge in [-0.15, -0.1) is 0 Å². The van der Waals surface area contributed by atoms with Gasteiger partial charge in [-0.3, -0.25) is 0 Å². The molecule has 1 atom stereocenters. The molecule has 1 aliphatic rings. The van der Waals surface area contributed by atoms with Gasteiger partial charge in [-0.2, -0.15) is 4.31 Å². The van der Waals surface area contributed by atoms with E-state index in [1.807, 2.05) is 7.05 Å². The Morgan fingerprint density at radius 2 is 1.65 bits per heavy atom. The second-order valence-corrected chi connectivity index (χ2v) is 8.83. The molecule has 0 saturated carbocycles. The van der Waals surface area contributed by atoms with E-state index in [-0.39, 0.29) is 15.8 Å². The lowest BCUT2D eigenvalue weighted by Gasteiger charge is -2.16. The lowest BCUT2D eigenvalue weighted by atomic mass is 10.3. The molecule has 20 heavy (non-hydrogen) atoms. The second-order valence-electron chi connectivity index (χ2n) is 4.88. The van der Waals surface area contributed by atoms with Crippen molar-refractivity contribution < 1.29 is 16.8 Å². The maximum absolute atomic E-state index is 12.4. The van der Waals surface area contributed by atoms with Crippen LogP contribution in [0.1, 0.15) is 6.42 Å². The highest BCUT2D eigenvalue weighted by Gasteiger charge is 2.31. The van der Waals surface area contributed by atoms with Crippen LogP contribution < -0.4 is 5.32 Å². The van der Waals surface area contributed by atoms with Gasteiger partial charge in [-0.05, 0) is 37.7 Å². The Kier molecular flexibility index (Phi) is 4.19. The monoisotopic (exact) mass is 318 g/mol. The molecule has 8 heteroatoms. The third-order valence-corrected chi connectivity index (χ3v) is 6.46. The second kappa shape index (κ2) is 5.44. The van der Waals surface area contributed by atoms with Gasteiger partial charge < -0.3 is 5.32 Å². The number of nitrogens with zero attached hydrogens (tertiary/aromatic N) is 1. The fourth-order valence-corrected chi connectivity index (χ4v) is 4.32. The first-order chi connectivity index (χ1) is 9.25. The van der Waals surface area contributed by atoms with Crippen LogP contribution in [0.2, 0.25) is 0 Å². The topological polar surface area (TPSA) is 83.6 Å². The van der Waals surface area contributed by atoms with Crippen LogP contribution in [0.15, 0.2) is 34.1 Å². The van der Waals surface area contributed by atoms with Crippen LogP contribution in [0.25, 0.3) is 0 Å². The van der Waals surface area contributed by atoms with Gasteiger partial charge >= 0.3 is 0 Å². The van der Waals surface area contributed by atoms with Crippen LogP contribution in [0, 0.1) is 0 Å². The minimum atomic E-state index is -3.55. The van der Waals surface area contributed by atoms with Gasteiger partial charge in [-0.1, -0.05) is 0 Å². The number of sulfone groups is 1. The van der Waals surface area contributed by atoms with E-state index in [4.69, 9.17) is 0 Å². The average Bonchev–Trinajstić information content (AvgIpc) is 2.87. The van der Waals surface area contributed by atoms with Gasteiger partial charge in [0.15, 0.2) is 9.84 Å². The normalized spacial score (nSPS) is 21.2. The number of nitrogens with one attached hydrogen (secondary N) is 1. The van der Waals surface area contributed by atoms with Crippen molar-refractivity contribution in [2.75, 3.05) is 26.4 Å². The van der Waals surface area contributed by atoms with Gasteiger partial charge in [0.25, 0.3) is 0 Å². The molecule has 1 aromatic rings. The summed E-state index contributed by atoms with van der Waals surface area (Å²) in [5.41, 5.74) is 0. The number of likely N-dealkylation sites (N-methyl/N-ethyl adjacent to an activating group) is 1. The first-order valence-electron chi connectivity index (χ1n) is 6.22. The number of benzene rings is 1. The quantitative estimate of drug-likeness (QED) is 0.849. The van der Waals surface area contributed by atoms with Crippen molar-refractivity contribution in [2.45, 2.75) is 22.3 Å². The summed E-state index contributed by atoms with van der Waals surface area (Å²) >= 11 is 0. The summed E-state index contributed by atoms with van der Waals surface area (Å²) in [5.74, 6) is 0. The van der Waals surface area contributed by atoms with Crippen LogP contribution in [0.4, 0.5) is 0 Å². The Hall–Kier alpha value is -0.960. The van der Waals surface area contributed by atoms with Crippen LogP contribution >= 0.6 is 0 Å². The van der Waals surface area contributed by atoms with Gasteiger partial charge in [0, 0.05) is 25.4 Å². The van der Waals surface area contributed by atoms with Crippen molar-refractivity contribution in [3.63, 3.8) is 0 Å². The Bertz CT molecular complexity index is 681. The van der Waals surface area contributed by atoms with Crippen molar-refractivity contribution >= 4 is 19.9 Å². The number of hydrogen-bond acceptors (Lipinski definition) is 5. The van der Waals surface area contributed by atoms with E-state index in [9.17, 15) is 16.8 Å². The Balaban J connectivity index is 2.27. The molecule has 1 aromatic carbocycles. The molecule has 1 unspecified atom stereocenters. The Morgan fingerprint density at radius 1 is 1.10 bits per heavy atom. The van der Waals surface area contributed by atoms with Crippen LogP contribution in [0.3, 0.4) is 0 Å². The average molecular weight is 318 g/mol. The third kappa shape index (κ3) is 3.03. The van der Waals surface area contributed by atoms with E-state index in [1.165, 1.54) is 28.6 Å². The smallest absolute Gasteiger partial charge is 0.243 e. The molecule has 1 aliphatic heterocycles. The zero-order chi connectivity index (χ0) is 15.0. The van der Waals surface area contributed by atoms with Crippen molar-refractivity contribution in [3.8, 4) is 0 Å². The maximum Gasteiger partial charge on any atom is 0.243 e. The molecule has 0 aromatic heterocycles. The molecule has 1 saturated heterocycles. The first-order valence-corrected chi connectivity index (χ1v) is 9.56. The van der Waals surface area contributed by atoms with E-state index >= 15 is 0 Å². The number of sulfonamides is 1. The molecule has 0 spiro atoms. The predicted molar refractivity (Wildman–Crippen MR) is 75.8 cm³/mol. The molecular formula is C12H18N2O4S2. The zero-order valence-electron chi connectivity index (χ0n) is 11.4. The van der Waals surface area contributed by atoms with Crippen LogP contribution in [-0.4, -0.2) is 53.6 Å². The van der Waals surface area contributed by atoms with Crippen LogP contribution in [-0.2, 0) is 19.9 Å². The van der Waals surface area contributed by atoms with E-state index in [2.05, 4.69) is 5.32 Å². The molecule has 1 fully saturated rings. The number of hydrogen-bond donors (Lipinski definition) is 1. The summed E-state index contributed by atoms with van der Waals surface area (Å²) in [6.45, 7) is 0.911. The summed E-state index contributed by atoms with van der Waals surface area (Å²) in [6.07, 6.45) is 1.87. The fourth-order valence-electron chi connectivity index (χ4n) is 2.19. The molecular weight excluding hydrogens is 300 g/mol. The molecule has 112 valence electrons. The summed E-state index contributed by atoms with van der Waals surface area (Å²) in [5, 5.41) is 3.06. The molecule has 0 amide bonds. The van der Waals surface area contributed by atoms with Crippen molar-refractivity contribution in [1.29, 1.82) is 0 Å². The van der Waals surface area contributed by atoms with E-state index in [1.54, 1.807) is 0 Å². The standard InChI is InChI=1S/C12H18N2O4S2/c1-13-10-7-8-14(9-10)20(17,18)12-5-3-11(4-6-12)19(2,15)16/h3-6,10,13H,7-9H2,1-2H3. The lowest BCUT2D eigenvalue weighted by Crippen LogP contribution is -2.33. The fraction of sp³-hybridized carbons (Fsp3) is 0.500. The highest BCUT2D eigenvalue weighted by Crippen LogP contribution is 2.22. The van der Waals surface area contributed by atoms with E-state index in [0.29, 0.717) is 13.1 Å². The SMILES string of the molecule is CNC1CCN(S(=O)(=O)c2ccc(S(C)(=O)=O)cc2)C1. The van der Waals surface area contributed by atoms with Crippen molar-refractivity contribution in [2.24, 2.45) is 0 Å². The zero-order valence-corrected chi connectivity index (χ0v) is 13.0. The van der Waals surface area contributed by atoms with Gasteiger partial charge in [0.1, 0.15) is 0 Å². The highest BCUT2D eigenvalue weighted by atomic mass is 32.2. The third-order valence-electron chi connectivity index (χ3n) is 3.45. The highest BCUT2D eigenvalue weighted by molar-refractivity contribution is 7.90. The number of rotatable bonds is 4. The minimum Gasteiger partial charge on any atom is -0.316 e. The molecule has 0 bridgehead atoms. The van der Waals surface area contributed by atoms with E-state index in [0.717, 1.165) is 12.7 Å². The lowest BCUT2D eigenvalue weighted by molar-refractivity contribution is 0.464. The van der Waals surface area contributed by atoms with Crippen molar-refractivity contribution in [1.82, 2.24) is 9.62 Å². The molecule has 2 rings (SSSR count). The summed E-state index contributed by atoms with van der Waals surface area (Å²) in [7, 11) is -5.05. The van der Waals surface area contributed by atoms with Gasteiger partial charge in [0.2, 0.25) is 10.0 Å². The molecule has 6 nitrogen and oxygen atoms in total. The maximum atomic E-state index is 12.4. The van der Waals surface area contributed by atoms with Gasteiger partial charge in [-0.25, -0.2) is 16.8 Å². The Morgan fingerprint density at radius 3 is 2.10 bits per heavy atom. The van der Waals surface area contributed by atoms with E-state index < -0.39 is 19.9 Å². The Labute approximate surface area is 119 Å². The summed E-state index contributed by atoms with van der Waals surface area (Å²) < 4.78 is 49.0. The van der Waals surface area contributed by atoms with Gasteiger partial charge in [0.05, 0.1) is 9.79 Å².